The van der Waals surface area contributed by atoms with Crippen molar-refractivity contribution in [3.63, 3.8) is 0 Å². The van der Waals surface area contributed by atoms with Crippen molar-refractivity contribution in [3.05, 3.63) is 71.4 Å². The molecule has 0 saturated carbocycles. The Labute approximate surface area is 217 Å². The van der Waals surface area contributed by atoms with Crippen LogP contribution in [-0.4, -0.2) is 17.5 Å². The third-order valence-electron chi connectivity index (χ3n) is 3.89. The van der Waals surface area contributed by atoms with E-state index >= 15 is 0 Å². The molecule has 2 heterocycles. The molecule has 0 aliphatic heterocycles. The fourth-order valence-electron chi connectivity index (χ4n) is 2.50. The van der Waals surface area contributed by atoms with Gasteiger partial charge in [-0.25, -0.2) is 0 Å². The quantitative estimate of drug-likeness (QED) is 0.181. The maximum absolute atomic E-state index is 10.8. The summed E-state index contributed by atoms with van der Waals surface area (Å²) in [6, 6.07) is 17.5. The van der Waals surface area contributed by atoms with Crippen LogP contribution in [0.25, 0.3) is 20.9 Å². The largest absolute Gasteiger partial charge is 2.00 e. The summed E-state index contributed by atoms with van der Waals surface area (Å²) in [5, 5.41) is 3.90. The smallest absolute Gasteiger partial charge is 0.768 e. The molecule has 0 aliphatic rings. The van der Waals surface area contributed by atoms with Crippen molar-refractivity contribution in [3.8, 4) is 20.9 Å². The molecule has 4 aromatic rings. The van der Waals surface area contributed by atoms with Gasteiger partial charge in [0.05, 0.1) is 0 Å². The second-order valence-corrected chi connectivity index (χ2v) is 10.5. The second kappa shape index (κ2) is 12.6. The summed E-state index contributed by atoms with van der Waals surface area (Å²) >= 11 is 7.36. The first kappa shape index (κ1) is 26.6. The van der Waals surface area contributed by atoms with Crippen LogP contribution >= 0.6 is 47.9 Å². The standard InChI is InChI=1S/2C10H8O2S3.Zn/c2*11-15(12)7-3-4-9(13)8(6-7)10-2-1-5-14-10;/h2*1-6,13H,(H,11,12);/q;;+2/p-2. The fraction of sp³-hybridized carbons (Fsp3) is 0. The average molecular weight is 576 g/mol. The van der Waals surface area contributed by atoms with Crippen LogP contribution in [0.1, 0.15) is 0 Å². The average Bonchev–Trinajstić information content (AvgIpc) is 3.43. The number of rotatable bonds is 4. The number of thiol groups is 2. The number of hydrogen-bond donors (Lipinski definition) is 2. The van der Waals surface area contributed by atoms with E-state index in [0.717, 1.165) is 30.7 Å². The number of thiophene rings is 2. The van der Waals surface area contributed by atoms with E-state index in [1.165, 1.54) is 0 Å². The zero-order chi connectivity index (χ0) is 21.7. The Morgan fingerprint density at radius 3 is 1.35 bits per heavy atom. The molecular weight excluding hydrogens is 562 g/mol. The third-order valence-corrected chi connectivity index (χ3v) is 7.76. The Morgan fingerprint density at radius 1 is 0.677 bits per heavy atom. The maximum atomic E-state index is 10.8. The molecule has 2 aromatic carbocycles. The van der Waals surface area contributed by atoms with Crippen LogP contribution in [0.15, 0.2) is 91.0 Å². The Kier molecular flexibility index (Phi) is 10.8. The zero-order valence-electron chi connectivity index (χ0n) is 15.8. The van der Waals surface area contributed by atoms with Gasteiger partial charge in [-0.2, -0.15) is 0 Å². The predicted octanol–water partition coefficient (Wildman–Crippen LogP) is 5.88. The van der Waals surface area contributed by atoms with Crippen LogP contribution in [0.3, 0.4) is 0 Å². The van der Waals surface area contributed by atoms with Crippen LogP contribution in [0, 0.1) is 0 Å². The molecular formula is C20H14O4S6Zn. The number of hydrogen-bond acceptors (Lipinski definition) is 8. The van der Waals surface area contributed by atoms with Gasteiger partial charge in [0.15, 0.2) is 0 Å². The molecule has 11 heteroatoms. The first-order chi connectivity index (χ1) is 14.4. The molecule has 0 aliphatic carbocycles. The Bertz CT molecular complexity index is 1080. The summed E-state index contributed by atoms with van der Waals surface area (Å²) in [7, 11) is 0. The monoisotopic (exact) mass is 574 g/mol. The van der Waals surface area contributed by atoms with Gasteiger partial charge in [0.2, 0.25) is 0 Å². The predicted molar refractivity (Wildman–Crippen MR) is 128 cm³/mol. The minimum absolute atomic E-state index is 0. The first-order valence-corrected chi connectivity index (χ1v) is 13.1. The van der Waals surface area contributed by atoms with Crippen molar-refractivity contribution >= 4 is 70.1 Å². The van der Waals surface area contributed by atoms with E-state index in [0.29, 0.717) is 0 Å². The molecule has 2 unspecified atom stereocenters. The molecule has 0 radical (unpaired) electrons. The van der Waals surface area contributed by atoms with Crippen molar-refractivity contribution in [2.45, 2.75) is 19.6 Å². The molecule has 4 nitrogen and oxygen atoms in total. The zero-order valence-corrected chi connectivity index (χ0v) is 23.8. The summed E-state index contributed by atoms with van der Waals surface area (Å²) in [4.78, 5) is 4.19. The molecule has 31 heavy (non-hydrogen) atoms. The van der Waals surface area contributed by atoms with Crippen molar-refractivity contribution in [1.82, 2.24) is 0 Å². The van der Waals surface area contributed by atoms with Gasteiger partial charge in [-0.15, -0.1) is 47.9 Å². The maximum Gasteiger partial charge on any atom is 2.00 e. The van der Waals surface area contributed by atoms with Crippen molar-refractivity contribution in [2.24, 2.45) is 0 Å². The molecule has 156 valence electrons. The molecule has 2 aromatic heterocycles. The van der Waals surface area contributed by atoms with Crippen molar-refractivity contribution in [2.75, 3.05) is 0 Å². The summed E-state index contributed by atoms with van der Waals surface area (Å²) < 4.78 is 43.2. The fourth-order valence-corrected chi connectivity index (χ4v) is 5.47. The first-order valence-electron chi connectivity index (χ1n) is 8.29. The summed E-state index contributed by atoms with van der Waals surface area (Å²) in [5.41, 5.74) is 1.71. The van der Waals surface area contributed by atoms with E-state index in [2.05, 4.69) is 25.3 Å². The molecule has 0 saturated heterocycles. The SMILES string of the molecule is O=S([O-])c1ccc(S)c(-c2cccs2)c1.O=S([O-])c1ccc(S)c(-c2cccs2)c1.[Zn+2]. The topological polar surface area (TPSA) is 80.3 Å². The minimum atomic E-state index is -2.19. The van der Waals surface area contributed by atoms with E-state index < -0.39 is 22.2 Å². The third kappa shape index (κ3) is 7.18. The van der Waals surface area contributed by atoms with E-state index in [1.54, 1.807) is 59.1 Å². The summed E-state index contributed by atoms with van der Waals surface area (Å²) in [6.45, 7) is 0. The van der Waals surface area contributed by atoms with Crippen LogP contribution in [-0.2, 0) is 41.6 Å². The van der Waals surface area contributed by atoms with Gasteiger partial charge >= 0.3 is 19.5 Å². The summed E-state index contributed by atoms with van der Waals surface area (Å²) in [6.07, 6.45) is 0. The normalized spacial score (nSPS) is 12.3. The molecule has 0 N–H and O–H groups in total. The molecule has 4 rings (SSSR count). The van der Waals surface area contributed by atoms with Gasteiger partial charge in [0.25, 0.3) is 0 Å². The van der Waals surface area contributed by atoms with Crippen molar-refractivity contribution in [1.29, 1.82) is 0 Å². The van der Waals surface area contributed by atoms with Gasteiger partial charge < -0.3 is 9.11 Å². The number of benzene rings is 2. The molecule has 0 amide bonds. The van der Waals surface area contributed by atoms with E-state index in [4.69, 9.17) is 0 Å². The molecule has 0 bridgehead atoms. The van der Waals surface area contributed by atoms with Crippen LogP contribution in [0.5, 0.6) is 0 Å². The molecule has 2 atom stereocenters. The van der Waals surface area contributed by atoms with Gasteiger partial charge in [-0.3, -0.25) is 8.42 Å². The van der Waals surface area contributed by atoms with Gasteiger partial charge in [0, 0.05) is 40.5 Å². The van der Waals surface area contributed by atoms with Crippen molar-refractivity contribution < 1.29 is 37.0 Å². The van der Waals surface area contributed by atoms with Crippen LogP contribution < -0.4 is 0 Å². The van der Waals surface area contributed by atoms with Gasteiger partial charge in [-0.1, -0.05) is 12.1 Å². The molecule has 0 spiro atoms. The Balaban J connectivity index is 0.000000213. The van der Waals surface area contributed by atoms with Crippen LogP contribution in [0.4, 0.5) is 0 Å². The van der Waals surface area contributed by atoms with Gasteiger partial charge in [-0.05, 0) is 81.5 Å². The van der Waals surface area contributed by atoms with E-state index in [9.17, 15) is 17.5 Å². The van der Waals surface area contributed by atoms with E-state index in [1.807, 2.05) is 35.0 Å². The van der Waals surface area contributed by atoms with E-state index in [-0.39, 0.29) is 29.3 Å². The summed E-state index contributed by atoms with van der Waals surface area (Å²) in [5.74, 6) is 0. The Morgan fingerprint density at radius 2 is 1.06 bits per heavy atom. The van der Waals surface area contributed by atoms with Gasteiger partial charge in [0.1, 0.15) is 0 Å². The molecule has 0 fully saturated rings. The van der Waals surface area contributed by atoms with Crippen LogP contribution in [0.2, 0.25) is 0 Å². The second-order valence-electron chi connectivity index (χ2n) is 5.78. The minimum Gasteiger partial charge on any atom is -0.768 e. The Hall–Kier alpha value is -0.617.